The van der Waals surface area contributed by atoms with Crippen molar-refractivity contribution in [2.45, 2.75) is 12.7 Å². The lowest BCUT2D eigenvalue weighted by Gasteiger charge is -2.22. The van der Waals surface area contributed by atoms with E-state index in [2.05, 4.69) is 0 Å². The quantitative estimate of drug-likeness (QED) is 0.742. The van der Waals surface area contributed by atoms with Crippen LogP contribution in [0.3, 0.4) is 0 Å². The fourth-order valence-electron chi connectivity index (χ4n) is 1.62. The average molecular weight is 282 g/mol. The van der Waals surface area contributed by atoms with Crippen LogP contribution in [-0.4, -0.2) is 37.2 Å². The third-order valence-corrected chi connectivity index (χ3v) is 2.51. The molecule has 0 spiro atoms. The molecule has 0 amide bonds. The van der Waals surface area contributed by atoms with E-state index in [1.54, 1.807) is 24.3 Å². The third-order valence-electron chi connectivity index (χ3n) is 2.34. The van der Waals surface area contributed by atoms with Crippen molar-refractivity contribution >= 4 is 11.6 Å². The predicted octanol–water partition coefficient (Wildman–Crippen LogP) is 3.30. The van der Waals surface area contributed by atoms with Crippen LogP contribution in [0.5, 0.6) is 5.75 Å². The molecule has 2 nitrogen and oxygen atoms in total. The number of benzene rings is 1. The minimum atomic E-state index is -4.22. The zero-order valence-corrected chi connectivity index (χ0v) is 10.8. The van der Waals surface area contributed by atoms with Crippen molar-refractivity contribution in [1.82, 2.24) is 4.90 Å². The lowest BCUT2D eigenvalue weighted by atomic mass is 10.2. The number of methoxy groups -OCH3 is 1. The number of hydrogen-bond acceptors (Lipinski definition) is 2. The second-order valence-corrected chi connectivity index (χ2v) is 4.24. The molecule has 6 heteroatoms. The van der Waals surface area contributed by atoms with E-state index in [9.17, 15) is 13.2 Å². The molecule has 1 rings (SSSR count). The van der Waals surface area contributed by atoms with Crippen LogP contribution in [0.25, 0.3) is 0 Å². The Balaban J connectivity index is 2.69. The van der Waals surface area contributed by atoms with Crippen molar-refractivity contribution in [1.29, 1.82) is 0 Å². The molecule has 0 heterocycles. The molecule has 1 aromatic carbocycles. The molecule has 0 fully saturated rings. The van der Waals surface area contributed by atoms with Crippen molar-refractivity contribution < 1.29 is 17.9 Å². The van der Waals surface area contributed by atoms with Gasteiger partial charge in [-0.25, -0.2) is 0 Å². The molecule has 0 aliphatic carbocycles. The van der Waals surface area contributed by atoms with Crippen LogP contribution in [0.15, 0.2) is 24.3 Å². The van der Waals surface area contributed by atoms with Crippen molar-refractivity contribution in [3.05, 3.63) is 29.8 Å². The van der Waals surface area contributed by atoms with Gasteiger partial charge in [0.05, 0.1) is 13.7 Å². The van der Waals surface area contributed by atoms with Crippen LogP contribution in [0.2, 0.25) is 0 Å². The van der Waals surface area contributed by atoms with Gasteiger partial charge in [-0.2, -0.15) is 13.2 Å². The largest absolute Gasteiger partial charge is 0.497 e. The summed E-state index contributed by atoms with van der Waals surface area (Å²) in [5.74, 6) is 0.797. The van der Waals surface area contributed by atoms with E-state index in [4.69, 9.17) is 16.3 Å². The molecule has 0 radical (unpaired) electrons. The molecule has 1 aromatic rings. The second-order valence-electron chi connectivity index (χ2n) is 3.87. The van der Waals surface area contributed by atoms with Crippen LogP contribution in [0, 0.1) is 0 Å². The Morgan fingerprint density at radius 2 is 2.06 bits per heavy atom. The summed E-state index contributed by atoms with van der Waals surface area (Å²) in [6.07, 6.45) is -4.22. The molecule has 0 unspecified atom stereocenters. The van der Waals surface area contributed by atoms with Crippen LogP contribution in [-0.2, 0) is 6.54 Å². The average Bonchev–Trinajstić information content (AvgIpc) is 2.27. The number of hydrogen-bond donors (Lipinski definition) is 0. The van der Waals surface area contributed by atoms with Crippen molar-refractivity contribution in [2.75, 3.05) is 26.1 Å². The number of rotatable bonds is 6. The van der Waals surface area contributed by atoms with Gasteiger partial charge in [-0.05, 0) is 17.7 Å². The van der Waals surface area contributed by atoms with Crippen LogP contribution < -0.4 is 4.74 Å². The normalized spacial score (nSPS) is 11.9. The highest BCUT2D eigenvalue weighted by atomic mass is 35.5. The number of alkyl halides is 4. The lowest BCUT2D eigenvalue weighted by molar-refractivity contribution is -0.146. The third kappa shape index (κ3) is 5.60. The monoisotopic (exact) mass is 281 g/mol. The van der Waals surface area contributed by atoms with Gasteiger partial charge in [-0.1, -0.05) is 12.1 Å². The van der Waals surface area contributed by atoms with E-state index < -0.39 is 12.7 Å². The Labute approximate surface area is 109 Å². The Morgan fingerprint density at radius 3 is 2.61 bits per heavy atom. The number of halogens is 4. The molecule has 102 valence electrons. The van der Waals surface area contributed by atoms with Crippen molar-refractivity contribution in [3.8, 4) is 5.75 Å². The zero-order chi connectivity index (χ0) is 13.6. The van der Waals surface area contributed by atoms with Gasteiger partial charge >= 0.3 is 6.18 Å². The fraction of sp³-hybridized carbons (Fsp3) is 0.500. The van der Waals surface area contributed by atoms with Crippen LogP contribution in [0.1, 0.15) is 5.56 Å². The summed E-state index contributed by atoms with van der Waals surface area (Å²) in [6.45, 7) is -0.571. The molecule has 0 saturated heterocycles. The predicted molar refractivity (Wildman–Crippen MR) is 65.0 cm³/mol. The summed E-state index contributed by atoms with van der Waals surface area (Å²) in [6, 6.07) is 6.98. The summed E-state index contributed by atoms with van der Waals surface area (Å²) >= 11 is 5.52. The molecule has 0 aliphatic heterocycles. The second kappa shape index (κ2) is 6.85. The maximum Gasteiger partial charge on any atom is 0.401 e. The van der Waals surface area contributed by atoms with Crippen LogP contribution >= 0.6 is 11.6 Å². The van der Waals surface area contributed by atoms with Gasteiger partial charge in [-0.15, -0.1) is 11.6 Å². The molecule has 18 heavy (non-hydrogen) atoms. The van der Waals surface area contributed by atoms with Crippen LogP contribution in [0.4, 0.5) is 13.2 Å². The highest BCUT2D eigenvalue weighted by Crippen LogP contribution is 2.19. The smallest absolute Gasteiger partial charge is 0.401 e. The molecule has 0 bridgehead atoms. The first-order chi connectivity index (χ1) is 8.44. The molecule has 0 saturated carbocycles. The van der Waals surface area contributed by atoms with Crippen molar-refractivity contribution in [2.24, 2.45) is 0 Å². The van der Waals surface area contributed by atoms with Crippen molar-refractivity contribution in [3.63, 3.8) is 0 Å². The first-order valence-corrected chi connectivity index (χ1v) is 5.96. The molecular formula is C12H15ClF3NO. The Bertz CT molecular complexity index is 371. The van der Waals surface area contributed by atoms with Gasteiger partial charge in [0, 0.05) is 19.0 Å². The summed E-state index contributed by atoms with van der Waals surface area (Å²) in [5.41, 5.74) is 0.767. The van der Waals surface area contributed by atoms with Gasteiger partial charge in [0.1, 0.15) is 5.75 Å². The maximum atomic E-state index is 12.4. The first kappa shape index (κ1) is 15.1. The van der Waals surface area contributed by atoms with E-state index in [1.807, 2.05) is 0 Å². The Morgan fingerprint density at radius 1 is 1.33 bits per heavy atom. The van der Waals surface area contributed by atoms with E-state index in [0.29, 0.717) is 5.75 Å². The first-order valence-electron chi connectivity index (χ1n) is 5.42. The Kier molecular flexibility index (Phi) is 5.75. The SMILES string of the molecule is COc1cccc(CN(CCCl)CC(F)(F)F)c1. The molecule has 0 atom stereocenters. The minimum absolute atomic E-state index is 0.167. The van der Waals surface area contributed by atoms with Gasteiger partial charge in [0.2, 0.25) is 0 Å². The Hall–Kier alpha value is -0.940. The standard InChI is InChI=1S/C12H15ClF3NO/c1-18-11-4-2-3-10(7-11)8-17(6-5-13)9-12(14,15)16/h2-4,7H,5-6,8-9H2,1H3. The van der Waals surface area contributed by atoms with E-state index in [1.165, 1.54) is 12.0 Å². The highest BCUT2D eigenvalue weighted by Gasteiger charge is 2.30. The lowest BCUT2D eigenvalue weighted by Crippen LogP contribution is -2.35. The fourth-order valence-corrected chi connectivity index (χ4v) is 1.86. The van der Waals surface area contributed by atoms with Gasteiger partial charge < -0.3 is 4.74 Å². The summed E-state index contributed by atoms with van der Waals surface area (Å²) in [5, 5.41) is 0. The minimum Gasteiger partial charge on any atom is -0.497 e. The van der Waals surface area contributed by atoms with Gasteiger partial charge in [-0.3, -0.25) is 4.90 Å². The van der Waals surface area contributed by atoms with Gasteiger partial charge in [0.15, 0.2) is 0 Å². The van der Waals surface area contributed by atoms with E-state index >= 15 is 0 Å². The topological polar surface area (TPSA) is 12.5 Å². The van der Waals surface area contributed by atoms with Gasteiger partial charge in [0.25, 0.3) is 0 Å². The van der Waals surface area contributed by atoms with E-state index in [-0.39, 0.29) is 19.0 Å². The summed E-state index contributed by atoms with van der Waals surface area (Å²) in [7, 11) is 1.52. The number of nitrogens with zero attached hydrogens (tertiary/aromatic N) is 1. The highest BCUT2D eigenvalue weighted by molar-refractivity contribution is 6.18. The zero-order valence-electron chi connectivity index (χ0n) is 10.0. The van der Waals surface area contributed by atoms with E-state index in [0.717, 1.165) is 5.56 Å². The molecule has 0 aromatic heterocycles. The molecular weight excluding hydrogens is 267 g/mol. The maximum absolute atomic E-state index is 12.4. The summed E-state index contributed by atoms with van der Waals surface area (Å²) in [4.78, 5) is 1.27. The molecule has 0 aliphatic rings. The summed E-state index contributed by atoms with van der Waals surface area (Å²) < 4.78 is 42.1. The molecule has 0 N–H and O–H groups in total. The number of ether oxygens (including phenoxy) is 1.